The number of nitrogen functional groups attached to an aromatic ring is 1. The predicted molar refractivity (Wildman–Crippen MR) is 77.9 cm³/mol. The number of hydrogen-bond acceptors (Lipinski definition) is 2. The van der Waals surface area contributed by atoms with E-state index in [0.717, 1.165) is 18.2 Å². The molecule has 0 aliphatic carbocycles. The molecule has 2 aromatic heterocycles. The third-order valence-corrected chi connectivity index (χ3v) is 3.49. The molecule has 0 aliphatic rings. The summed E-state index contributed by atoms with van der Waals surface area (Å²) in [5.74, 6) is 0.655. The lowest BCUT2D eigenvalue weighted by atomic mass is 10.1. The van der Waals surface area contributed by atoms with Crippen molar-refractivity contribution in [3.63, 3.8) is 0 Å². The highest BCUT2D eigenvalue weighted by atomic mass is 15.0. The van der Waals surface area contributed by atoms with Gasteiger partial charge in [0.1, 0.15) is 5.82 Å². The Morgan fingerprint density at radius 1 is 1.17 bits per heavy atom. The Morgan fingerprint density at radius 2 is 1.78 bits per heavy atom. The SMILES string of the molecule is CCc1cn(C(C)(C)C)c2c(CC)cnc(N)c12. The molecule has 0 fully saturated rings. The second-order valence-corrected chi connectivity index (χ2v) is 5.79. The van der Waals surface area contributed by atoms with E-state index < -0.39 is 0 Å². The summed E-state index contributed by atoms with van der Waals surface area (Å²) in [6.07, 6.45) is 6.12. The molecular weight excluding hydrogens is 222 g/mol. The van der Waals surface area contributed by atoms with E-state index in [1.807, 2.05) is 6.20 Å². The molecule has 0 atom stereocenters. The highest BCUT2D eigenvalue weighted by Crippen LogP contribution is 2.33. The van der Waals surface area contributed by atoms with Crippen LogP contribution in [0.4, 0.5) is 5.82 Å². The van der Waals surface area contributed by atoms with Crippen LogP contribution in [0, 0.1) is 0 Å². The smallest absolute Gasteiger partial charge is 0.133 e. The molecule has 0 radical (unpaired) electrons. The molecule has 2 rings (SSSR count). The molecule has 2 heterocycles. The van der Waals surface area contributed by atoms with Gasteiger partial charge in [0.25, 0.3) is 0 Å². The number of rotatable bonds is 2. The minimum Gasteiger partial charge on any atom is -0.383 e. The molecule has 0 saturated heterocycles. The zero-order valence-electron chi connectivity index (χ0n) is 12.0. The summed E-state index contributed by atoms with van der Waals surface area (Å²) < 4.78 is 2.35. The van der Waals surface area contributed by atoms with Gasteiger partial charge in [-0.25, -0.2) is 4.98 Å². The van der Waals surface area contributed by atoms with Crippen LogP contribution in [-0.2, 0) is 18.4 Å². The second kappa shape index (κ2) is 4.30. The summed E-state index contributed by atoms with van der Waals surface area (Å²) in [7, 11) is 0. The van der Waals surface area contributed by atoms with Gasteiger partial charge >= 0.3 is 0 Å². The van der Waals surface area contributed by atoms with Gasteiger partial charge in [0, 0.05) is 23.3 Å². The second-order valence-electron chi connectivity index (χ2n) is 5.79. The fourth-order valence-corrected chi connectivity index (χ4v) is 2.49. The lowest BCUT2D eigenvalue weighted by Crippen LogP contribution is -2.21. The molecule has 0 aromatic carbocycles. The molecular formula is C15H23N3. The van der Waals surface area contributed by atoms with Crippen molar-refractivity contribution < 1.29 is 0 Å². The topological polar surface area (TPSA) is 43.8 Å². The van der Waals surface area contributed by atoms with E-state index in [1.165, 1.54) is 16.6 Å². The van der Waals surface area contributed by atoms with Crippen LogP contribution in [0.3, 0.4) is 0 Å². The fourth-order valence-electron chi connectivity index (χ4n) is 2.49. The molecule has 0 amide bonds. The van der Waals surface area contributed by atoms with Gasteiger partial charge in [0.2, 0.25) is 0 Å². The van der Waals surface area contributed by atoms with Gasteiger partial charge in [-0.05, 0) is 44.7 Å². The lowest BCUT2D eigenvalue weighted by molar-refractivity contribution is 0.409. The Labute approximate surface area is 109 Å². The maximum absolute atomic E-state index is 6.09. The molecule has 0 aliphatic heterocycles. The monoisotopic (exact) mass is 245 g/mol. The van der Waals surface area contributed by atoms with E-state index in [-0.39, 0.29) is 5.54 Å². The first-order chi connectivity index (χ1) is 8.40. The first-order valence-corrected chi connectivity index (χ1v) is 6.67. The van der Waals surface area contributed by atoms with Gasteiger partial charge in [-0.15, -0.1) is 0 Å². The average molecular weight is 245 g/mol. The Morgan fingerprint density at radius 3 is 2.28 bits per heavy atom. The van der Waals surface area contributed by atoms with Crippen LogP contribution in [0.1, 0.15) is 45.7 Å². The van der Waals surface area contributed by atoms with E-state index in [1.54, 1.807) is 0 Å². The number of aryl methyl sites for hydroxylation is 2. The summed E-state index contributed by atoms with van der Waals surface area (Å²) in [5, 5.41) is 1.15. The summed E-state index contributed by atoms with van der Waals surface area (Å²) in [6, 6.07) is 0. The summed E-state index contributed by atoms with van der Waals surface area (Å²) in [4.78, 5) is 4.35. The molecule has 0 bridgehead atoms. The Balaban J connectivity index is 2.92. The largest absolute Gasteiger partial charge is 0.383 e. The zero-order chi connectivity index (χ0) is 13.5. The normalized spacial score (nSPS) is 12.3. The van der Waals surface area contributed by atoms with Gasteiger partial charge in [0.05, 0.1) is 5.52 Å². The number of fused-ring (bicyclic) bond motifs is 1. The van der Waals surface area contributed by atoms with Gasteiger partial charge in [0.15, 0.2) is 0 Å². The van der Waals surface area contributed by atoms with Crippen LogP contribution in [0.15, 0.2) is 12.4 Å². The number of nitrogens with two attached hydrogens (primary N) is 1. The first kappa shape index (κ1) is 12.9. The van der Waals surface area contributed by atoms with E-state index in [4.69, 9.17) is 5.73 Å². The summed E-state index contributed by atoms with van der Waals surface area (Å²) in [5.41, 5.74) is 9.97. The van der Waals surface area contributed by atoms with E-state index in [0.29, 0.717) is 5.82 Å². The molecule has 2 aromatic rings. The maximum Gasteiger partial charge on any atom is 0.133 e. The van der Waals surface area contributed by atoms with E-state index >= 15 is 0 Å². The maximum atomic E-state index is 6.09. The molecule has 0 saturated carbocycles. The third kappa shape index (κ3) is 1.88. The number of anilines is 1. The molecule has 0 spiro atoms. The van der Waals surface area contributed by atoms with Gasteiger partial charge in [-0.3, -0.25) is 0 Å². The Bertz CT molecular complexity index is 573. The molecule has 3 heteroatoms. The van der Waals surface area contributed by atoms with Gasteiger partial charge in [-0.2, -0.15) is 0 Å². The van der Waals surface area contributed by atoms with Gasteiger partial charge < -0.3 is 10.3 Å². The van der Waals surface area contributed by atoms with Crippen molar-refractivity contribution in [1.82, 2.24) is 9.55 Å². The van der Waals surface area contributed by atoms with Crippen LogP contribution < -0.4 is 5.73 Å². The fraction of sp³-hybridized carbons (Fsp3) is 0.533. The van der Waals surface area contributed by atoms with Crippen LogP contribution in [0.2, 0.25) is 0 Å². The van der Waals surface area contributed by atoms with Gasteiger partial charge in [-0.1, -0.05) is 13.8 Å². The van der Waals surface area contributed by atoms with Crippen molar-refractivity contribution in [3.8, 4) is 0 Å². The van der Waals surface area contributed by atoms with Crippen LogP contribution in [0.25, 0.3) is 10.9 Å². The van der Waals surface area contributed by atoms with Crippen molar-refractivity contribution >= 4 is 16.7 Å². The highest BCUT2D eigenvalue weighted by molar-refractivity contribution is 5.94. The summed E-state index contributed by atoms with van der Waals surface area (Å²) in [6.45, 7) is 11.0. The minimum atomic E-state index is 0.0589. The number of aromatic nitrogens is 2. The highest BCUT2D eigenvalue weighted by Gasteiger charge is 2.21. The van der Waals surface area contributed by atoms with Crippen molar-refractivity contribution in [3.05, 3.63) is 23.5 Å². The third-order valence-electron chi connectivity index (χ3n) is 3.49. The van der Waals surface area contributed by atoms with Crippen molar-refractivity contribution in [2.45, 2.75) is 53.0 Å². The quantitative estimate of drug-likeness (QED) is 0.880. The van der Waals surface area contributed by atoms with Crippen LogP contribution >= 0.6 is 0 Å². The summed E-state index contributed by atoms with van der Waals surface area (Å²) >= 11 is 0. The van der Waals surface area contributed by atoms with Crippen molar-refractivity contribution in [1.29, 1.82) is 0 Å². The van der Waals surface area contributed by atoms with E-state index in [9.17, 15) is 0 Å². The Hall–Kier alpha value is -1.51. The molecule has 3 nitrogen and oxygen atoms in total. The zero-order valence-corrected chi connectivity index (χ0v) is 12.0. The number of nitrogens with zero attached hydrogens (tertiary/aromatic N) is 2. The molecule has 98 valence electrons. The number of hydrogen-bond donors (Lipinski definition) is 1. The molecule has 2 N–H and O–H groups in total. The number of pyridine rings is 1. The predicted octanol–water partition coefficient (Wildman–Crippen LogP) is 3.50. The van der Waals surface area contributed by atoms with Crippen molar-refractivity contribution in [2.24, 2.45) is 0 Å². The van der Waals surface area contributed by atoms with Crippen LogP contribution in [0.5, 0.6) is 0 Å². The minimum absolute atomic E-state index is 0.0589. The molecule has 18 heavy (non-hydrogen) atoms. The van der Waals surface area contributed by atoms with E-state index in [2.05, 4.69) is 50.4 Å². The standard InChI is InChI=1S/C15H23N3/c1-6-10-8-17-14(16)12-11(7-2)9-18(13(10)12)15(3,4)5/h8-9H,6-7H2,1-5H3,(H2,16,17). The lowest BCUT2D eigenvalue weighted by Gasteiger charge is -2.23. The molecule has 0 unspecified atom stereocenters. The average Bonchev–Trinajstić information content (AvgIpc) is 2.70. The van der Waals surface area contributed by atoms with Crippen LogP contribution in [-0.4, -0.2) is 9.55 Å². The first-order valence-electron chi connectivity index (χ1n) is 6.67. The van der Waals surface area contributed by atoms with Crippen molar-refractivity contribution in [2.75, 3.05) is 5.73 Å². The Kier molecular flexibility index (Phi) is 3.09.